The fourth-order valence-corrected chi connectivity index (χ4v) is 3.31. The van der Waals surface area contributed by atoms with Crippen molar-refractivity contribution in [2.24, 2.45) is 0 Å². The number of benzene rings is 1. The Balaban J connectivity index is 2.17. The van der Waals surface area contributed by atoms with E-state index in [-0.39, 0.29) is 11.8 Å². The summed E-state index contributed by atoms with van der Waals surface area (Å²) in [5, 5.41) is 5.86. The molecule has 0 saturated carbocycles. The molecule has 0 unspecified atom stereocenters. The van der Waals surface area contributed by atoms with Gasteiger partial charge in [0.2, 0.25) is 11.8 Å². The van der Waals surface area contributed by atoms with Crippen molar-refractivity contribution in [1.29, 1.82) is 0 Å². The van der Waals surface area contributed by atoms with Gasteiger partial charge in [-0.15, -0.1) is 0 Å². The molecule has 0 bridgehead atoms. The first kappa shape index (κ1) is 24.2. The highest BCUT2D eigenvalue weighted by atomic mass is 16.2. The SMILES string of the molecule is CCCCCCCCCCCCCC(=O)Nc1cccc(NC(=O)CC)c1C. The summed E-state index contributed by atoms with van der Waals surface area (Å²) in [5.74, 6) is 0.0329. The monoisotopic (exact) mass is 388 g/mol. The summed E-state index contributed by atoms with van der Waals surface area (Å²) in [6.45, 7) is 6.00. The van der Waals surface area contributed by atoms with Crippen LogP contribution in [0.3, 0.4) is 0 Å². The third-order valence-corrected chi connectivity index (χ3v) is 5.21. The highest BCUT2D eigenvalue weighted by Gasteiger charge is 2.09. The molecule has 0 radical (unpaired) electrons. The zero-order chi connectivity index (χ0) is 20.6. The molecule has 0 atom stereocenters. The predicted octanol–water partition coefficient (Wildman–Crippen LogP) is 6.98. The van der Waals surface area contributed by atoms with Gasteiger partial charge in [-0.05, 0) is 31.0 Å². The van der Waals surface area contributed by atoms with Crippen LogP contribution in [0.4, 0.5) is 11.4 Å². The Bertz CT molecular complexity index is 584. The van der Waals surface area contributed by atoms with Crippen LogP contribution in [0.25, 0.3) is 0 Å². The Morgan fingerprint density at radius 3 is 1.68 bits per heavy atom. The van der Waals surface area contributed by atoms with E-state index in [1.807, 2.05) is 32.0 Å². The molecule has 0 saturated heterocycles. The van der Waals surface area contributed by atoms with Gasteiger partial charge in [0.15, 0.2) is 0 Å². The Morgan fingerprint density at radius 2 is 1.18 bits per heavy atom. The lowest BCUT2D eigenvalue weighted by Crippen LogP contribution is -2.14. The van der Waals surface area contributed by atoms with Crippen molar-refractivity contribution in [2.75, 3.05) is 10.6 Å². The van der Waals surface area contributed by atoms with E-state index in [1.54, 1.807) is 0 Å². The van der Waals surface area contributed by atoms with Gasteiger partial charge in [-0.2, -0.15) is 0 Å². The number of hydrogen-bond acceptors (Lipinski definition) is 2. The van der Waals surface area contributed by atoms with Crippen LogP contribution in [0.1, 0.15) is 103 Å². The van der Waals surface area contributed by atoms with Gasteiger partial charge in [0.25, 0.3) is 0 Å². The number of amides is 2. The minimum atomic E-state index is -0.0208. The maximum absolute atomic E-state index is 12.2. The predicted molar refractivity (Wildman–Crippen MR) is 120 cm³/mol. The first-order chi connectivity index (χ1) is 13.6. The van der Waals surface area contributed by atoms with Crippen LogP contribution in [0, 0.1) is 6.92 Å². The summed E-state index contributed by atoms with van der Waals surface area (Å²) in [5.41, 5.74) is 2.44. The summed E-state index contributed by atoms with van der Waals surface area (Å²) in [4.78, 5) is 23.8. The minimum absolute atomic E-state index is 0.0208. The average Bonchev–Trinajstić information content (AvgIpc) is 2.69. The minimum Gasteiger partial charge on any atom is -0.326 e. The third kappa shape index (κ3) is 10.5. The first-order valence-electron chi connectivity index (χ1n) is 11.3. The van der Waals surface area contributed by atoms with E-state index in [0.717, 1.165) is 29.8 Å². The number of hydrogen-bond donors (Lipinski definition) is 2. The number of carbonyl (C=O) groups is 2. The molecule has 1 aromatic carbocycles. The molecule has 2 amide bonds. The van der Waals surface area contributed by atoms with Gasteiger partial charge in [-0.25, -0.2) is 0 Å². The molecule has 1 aromatic rings. The lowest BCUT2D eigenvalue weighted by molar-refractivity contribution is -0.116. The van der Waals surface area contributed by atoms with E-state index < -0.39 is 0 Å². The van der Waals surface area contributed by atoms with Crippen LogP contribution >= 0.6 is 0 Å². The summed E-state index contributed by atoms with van der Waals surface area (Å²) in [6, 6.07) is 5.61. The van der Waals surface area contributed by atoms with Crippen LogP contribution in [0.5, 0.6) is 0 Å². The molecular formula is C24H40N2O2. The molecule has 4 heteroatoms. The van der Waals surface area contributed by atoms with Gasteiger partial charge >= 0.3 is 0 Å². The zero-order valence-electron chi connectivity index (χ0n) is 18.2. The van der Waals surface area contributed by atoms with Crippen LogP contribution in [0.15, 0.2) is 18.2 Å². The summed E-state index contributed by atoms with van der Waals surface area (Å²) >= 11 is 0. The fraction of sp³-hybridized carbons (Fsp3) is 0.667. The highest BCUT2D eigenvalue weighted by Crippen LogP contribution is 2.24. The standard InChI is InChI=1S/C24H40N2O2/c1-4-6-7-8-9-10-11-12-13-14-15-19-24(28)26-22-18-16-17-21(20(22)3)25-23(27)5-2/h16-18H,4-15,19H2,1-3H3,(H,25,27)(H,26,28). The first-order valence-corrected chi connectivity index (χ1v) is 11.3. The molecule has 0 spiro atoms. The van der Waals surface area contributed by atoms with Gasteiger partial charge in [-0.3, -0.25) is 9.59 Å². The molecule has 0 aliphatic heterocycles. The summed E-state index contributed by atoms with van der Waals surface area (Å²) < 4.78 is 0. The van der Waals surface area contributed by atoms with E-state index in [4.69, 9.17) is 0 Å². The van der Waals surface area contributed by atoms with Gasteiger partial charge in [0.05, 0.1) is 0 Å². The van der Waals surface area contributed by atoms with Crippen LogP contribution < -0.4 is 10.6 Å². The number of unbranched alkanes of at least 4 members (excludes halogenated alkanes) is 10. The van der Waals surface area contributed by atoms with Gasteiger partial charge < -0.3 is 10.6 Å². The van der Waals surface area contributed by atoms with E-state index in [1.165, 1.54) is 57.8 Å². The van der Waals surface area contributed by atoms with Crippen LogP contribution in [-0.4, -0.2) is 11.8 Å². The fourth-order valence-electron chi connectivity index (χ4n) is 3.31. The normalized spacial score (nSPS) is 10.7. The van der Waals surface area contributed by atoms with E-state index >= 15 is 0 Å². The third-order valence-electron chi connectivity index (χ3n) is 5.21. The Morgan fingerprint density at radius 1 is 0.714 bits per heavy atom. The van der Waals surface area contributed by atoms with Gasteiger partial charge in [-0.1, -0.05) is 84.1 Å². The molecule has 0 fully saturated rings. The lowest BCUT2D eigenvalue weighted by atomic mass is 10.1. The van der Waals surface area contributed by atoms with Crippen molar-refractivity contribution < 1.29 is 9.59 Å². The topological polar surface area (TPSA) is 58.2 Å². The second kappa shape index (κ2) is 15.1. The van der Waals surface area contributed by atoms with Crippen LogP contribution in [-0.2, 0) is 9.59 Å². The van der Waals surface area contributed by atoms with Crippen molar-refractivity contribution >= 4 is 23.2 Å². The second-order valence-electron chi connectivity index (χ2n) is 7.71. The van der Waals surface area contributed by atoms with E-state index in [9.17, 15) is 9.59 Å². The zero-order valence-corrected chi connectivity index (χ0v) is 18.2. The smallest absolute Gasteiger partial charge is 0.224 e. The number of carbonyl (C=O) groups excluding carboxylic acids is 2. The molecule has 1 rings (SSSR count). The van der Waals surface area contributed by atoms with E-state index in [0.29, 0.717) is 12.8 Å². The highest BCUT2D eigenvalue weighted by molar-refractivity contribution is 5.95. The van der Waals surface area contributed by atoms with Gasteiger partial charge in [0, 0.05) is 24.2 Å². The molecular weight excluding hydrogens is 348 g/mol. The van der Waals surface area contributed by atoms with Crippen LogP contribution in [0.2, 0.25) is 0 Å². The largest absolute Gasteiger partial charge is 0.326 e. The van der Waals surface area contributed by atoms with Crippen molar-refractivity contribution in [1.82, 2.24) is 0 Å². The average molecular weight is 389 g/mol. The Kier molecular flexibility index (Phi) is 13.1. The van der Waals surface area contributed by atoms with Crippen molar-refractivity contribution in [3.05, 3.63) is 23.8 Å². The molecule has 0 heterocycles. The lowest BCUT2D eigenvalue weighted by Gasteiger charge is -2.13. The van der Waals surface area contributed by atoms with Gasteiger partial charge in [0.1, 0.15) is 0 Å². The summed E-state index contributed by atoms with van der Waals surface area (Å²) in [6.07, 6.45) is 15.1. The quantitative estimate of drug-likeness (QED) is 0.318. The molecule has 158 valence electrons. The van der Waals surface area contributed by atoms with Crippen molar-refractivity contribution in [3.8, 4) is 0 Å². The Labute approximate surface area is 171 Å². The molecule has 2 N–H and O–H groups in total. The second-order valence-corrected chi connectivity index (χ2v) is 7.71. The number of anilines is 2. The number of rotatable bonds is 15. The molecule has 28 heavy (non-hydrogen) atoms. The molecule has 0 aliphatic carbocycles. The molecule has 0 aromatic heterocycles. The van der Waals surface area contributed by atoms with E-state index in [2.05, 4.69) is 17.6 Å². The van der Waals surface area contributed by atoms with Crippen molar-refractivity contribution in [2.45, 2.75) is 104 Å². The maximum atomic E-state index is 12.2. The number of nitrogens with one attached hydrogen (secondary N) is 2. The maximum Gasteiger partial charge on any atom is 0.224 e. The summed E-state index contributed by atoms with van der Waals surface area (Å²) in [7, 11) is 0. The molecule has 4 nitrogen and oxygen atoms in total. The van der Waals surface area contributed by atoms with Crippen molar-refractivity contribution in [3.63, 3.8) is 0 Å². The Hall–Kier alpha value is -1.84. The molecule has 0 aliphatic rings.